The molecule has 0 bridgehead atoms. The Morgan fingerprint density at radius 3 is 2.29 bits per heavy atom. The smallest absolute Gasteiger partial charge is 0.227 e. The van der Waals surface area contributed by atoms with Crippen LogP contribution in [0, 0.1) is 11.3 Å². The van der Waals surface area contributed by atoms with Crippen molar-refractivity contribution >= 4 is 22.7 Å². The van der Waals surface area contributed by atoms with Crippen LogP contribution in [0.25, 0.3) is 10.9 Å². The van der Waals surface area contributed by atoms with Crippen molar-refractivity contribution in [2.24, 2.45) is 17.1 Å². The number of rotatable bonds is 6. The number of nitrogens with zero attached hydrogens (tertiary/aromatic N) is 1. The molecule has 6 heteroatoms. The predicted molar refractivity (Wildman–Crippen MR) is 134 cm³/mol. The third kappa shape index (κ3) is 6.88. The summed E-state index contributed by atoms with van der Waals surface area (Å²) in [5.41, 5.74) is 9.56. The van der Waals surface area contributed by atoms with Crippen LogP contribution in [0.3, 0.4) is 0 Å². The number of nitrogens with one attached hydrogen (secondary N) is 1. The number of phenols is 1. The number of benzene rings is 1. The molecule has 1 aliphatic heterocycles. The van der Waals surface area contributed by atoms with Gasteiger partial charge < -0.3 is 21.3 Å². The maximum absolute atomic E-state index is 10.8. The second-order valence-electron chi connectivity index (χ2n) is 11.3. The van der Waals surface area contributed by atoms with Crippen LogP contribution in [-0.4, -0.2) is 44.8 Å². The lowest BCUT2D eigenvalue weighted by molar-refractivity contribution is 0.172. The van der Waals surface area contributed by atoms with Gasteiger partial charge in [-0.25, -0.2) is 0 Å². The van der Waals surface area contributed by atoms with Crippen LogP contribution in [0.5, 0.6) is 5.75 Å². The molecule has 0 atom stereocenters. The number of piperidine rings is 1. The fourth-order valence-corrected chi connectivity index (χ4v) is 5.72. The van der Waals surface area contributed by atoms with Gasteiger partial charge >= 0.3 is 0 Å². The molecular formula is C25H43N3O2S. The Hall–Kier alpha value is -1.21. The molecule has 5 nitrogen and oxygen atoms in total. The molecule has 1 aromatic carbocycles. The van der Waals surface area contributed by atoms with Crippen molar-refractivity contribution in [3.8, 4) is 5.75 Å². The minimum Gasteiger partial charge on any atom is -0.870 e. The molecular weight excluding hydrogens is 406 g/mol. The molecule has 0 amide bonds. The average molecular weight is 450 g/mol. The summed E-state index contributed by atoms with van der Waals surface area (Å²) in [6.07, 6.45) is 4.58. The predicted octanol–water partition coefficient (Wildman–Crippen LogP) is 4.82. The Kier molecular flexibility index (Phi) is 8.53. The van der Waals surface area contributed by atoms with Crippen LogP contribution in [-0.2, 0) is 24.7 Å². The number of phenolic OH excluding ortho intramolecular Hbond substituents is 1. The van der Waals surface area contributed by atoms with E-state index in [0.29, 0.717) is 5.75 Å². The molecule has 3 rings (SSSR count). The second kappa shape index (κ2) is 10.2. The molecule has 0 unspecified atom stereocenters. The zero-order valence-electron chi connectivity index (χ0n) is 20.3. The summed E-state index contributed by atoms with van der Waals surface area (Å²) in [4.78, 5) is 6.25. The number of aromatic hydroxyl groups is 1. The monoisotopic (exact) mass is 449 g/mol. The van der Waals surface area contributed by atoms with Gasteiger partial charge in [-0.15, -0.1) is 0 Å². The minimum absolute atomic E-state index is 0. The summed E-state index contributed by atoms with van der Waals surface area (Å²) in [5.74, 6) is 1.17. The summed E-state index contributed by atoms with van der Waals surface area (Å²) in [5, 5.41) is 13.4. The molecule has 1 aliphatic rings. The van der Waals surface area contributed by atoms with E-state index in [1.54, 1.807) is 0 Å². The minimum atomic E-state index is 0. The highest BCUT2D eigenvalue weighted by atomic mass is 32.2. The van der Waals surface area contributed by atoms with E-state index in [1.807, 2.05) is 6.07 Å². The summed E-state index contributed by atoms with van der Waals surface area (Å²) in [7, 11) is 0. The normalized spacial score (nSPS) is 16.6. The van der Waals surface area contributed by atoms with E-state index in [0.717, 1.165) is 56.0 Å². The molecule has 31 heavy (non-hydrogen) atoms. The van der Waals surface area contributed by atoms with E-state index in [4.69, 9.17) is 5.73 Å². The van der Waals surface area contributed by atoms with E-state index in [-0.39, 0.29) is 15.6 Å². The van der Waals surface area contributed by atoms with Crippen molar-refractivity contribution in [1.82, 2.24) is 9.88 Å². The van der Waals surface area contributed by atoms with Crippen LogP contribution in [0.15, 0.2) is 17.2 Å². The van der Waals surface area contributed by atoms with Gasteiger partial charge in [0, 0.05) is 34.8 Å². The highest BCUT2D eigenvalue weighted by Gasteiger charge is 2.30. The van der Waals surface area contributed by atoms with E-state index < -0.39 is 0 Å². The zero-order valence-corrected chi connectivity index (χ0v) is 21.1. The maximum Gasteiger partial charge on any atom is 0.227 e. The largest absolute Gasteiger partial charge is 0.870 e. The third-order valence-electron chi connectivity index (χ3n) is 5.96. The van der Waals surface area contributed by atoms with Crippen molar-refractivity contribution in [2.45, 2.75) is 83.5 Å². The van der Waals surface area contributed by atoms with Gasteiger partial charge in [-0.1, -0.05) is 20.8 Å². The van der Waals surface area contributed by atoms with Crippen LogP contribution in [0.2, 0.25) is 0 Å². The Bertz CT molecular complexity index is 856. The summed E-state index contributed by atoms with van der Waals surface area (Å²) in [6.45, 7) is 17.5. The van der Waals surface area contributed by atoms with Crippen molar-refractivity contribution in [3.63, 3.8) is 0 Å². The molecule has 2 heterocycles. The number of aromatic nitrogens is 1. The first-order chi connectivity index (χ1) is 14.0. The number of hydrogen-bond acceptors (Lipinski definition) is 4. The number of aromatic amines is 1. The maximum atomic E-state index is 10.8. The quantitative estimate of drug-likeness (QED) is 0.435. The third-order valence-corrected chi connectivity index (χ3v) is 7.24. The molecule has 2 aromatic rings. The molecule has 1 fully saturated rings. The van der Waals surface area contributed by atoms with Gasteiger partial charge in [-0.05, 0) is 89.6 Å². The number of fused-ring (bicyclic) bond motifs is 1. The topological polar surface area (TPSA) is 95.3 Å². The Morgan fingerprint density at radius 2 is 1.74 bits per heavy atom. The van der Waals surface area contributed by atoms with Crippen molar-refractivity contribution in [2.75, 3.05) is 19.6 Å². The lowest BCUT2D eigenvalue weighted by Crippen LogP contribution is -2.33. The van der Waals surface area contributed by atoms with Gasteiger partial charge in [0.05, 0.1) is 5.52 Å². The SMILES string of the molecule is CC(C)(C)Cc1c([SH+]C(C)(C)C)[nH]c2c(CN3CCC(CCN)CC3)c(O)ccc12.[OH-]. The lowest BCUT2D eigenvalue weighted by Gasteiger charge is -2.32. The van der Waals surface area contributed by atoms with Crippen molar-refractivity contribution < 1.29 is 10.6 Å². The van der Waals surface area contributed by atoms with Crippen LogP contribution in [0.1, 0.15) is 71.9 Å². The first-order valence-corrected chi connectivity index (χ1v) is 12.4. The van der Waals surface area contributed by atoms with Gasteiger partial charge in [-0.2, -0.15) is 0 Å². The van der Waals surface area contributed by atoms with Crippen molar-refractivity contribution in [3.05, 3.63) is 23.3 Å². The Labute approximate surface area is 192 Å². The Morgan fingerprint density at radius 1 is 1.10 bits per heavy atom. The molecule has 176 valence electrons. The summed E-state index contributed by atoms with van der Waals surface area (Å²) >= 11 is 1.31. The van der Waals surface area contributed by atoms with Crippen LogP contribution in [0.4, 0.5) is 0 Å². The summed E-state index contributed by atoms with van der Waals surface area (Å²) < 4.78 is 0.181. The number of hydrogen-bond donors (Lipinski definition) is 3. The fraction of sp³-hybridized carbons (Fsp3) is 0.680. The van der Waals surface area contributed by atoms with Gasteiger partial charge in [0.2, 0.25) is 5.03 Å². The standard InChI is InChI=1S/C25H41N3OS.H2O/c1-24(2,3)15-19-18-7-8-21(29)20(22(18)27-23(19)30-25(4,5)6)16-28-13-10-17(9-12-26)11-14-28;/h7-8,17,27,29H,9-16,26H2,1-6H3;1H2. The number of thiol groups is 1. The number of H-pyrrole nitrogens is 1. The zero-order chi connectivity index (χ0) is 22.1. The molecule has 0 radical (unpaired) electrons. The summed E-state index contributed by atoms with van der Waals surface area (Å²) in [6, 6.07) is 4.01. The second-order valence-corrected chi connectivity index (χ2v) is 13.3. The van der Waals surface area contributed by atoms with E-state index >= 15 is 0 Å². The first-order valence-electron chi connectivity index (χ1n) is 11.5. The average Bonchev–Trinajstić information content (AvgIpc) is 2.93. The molecule has 0 saturated carbocycles. The van der Waals surface area contributed by atoms with Gasteiger partial charge in [0.1, 0.15) is 10.5 Å². The fourth-order valence-electron chi connectivity index (χ4n) is 4.55. The lowest BCUT2D eigenvalue weighted by atomic mass is 9.88. The molecule has 0 spiro atoms. The molecule has 0 aliphatic carbocycles. The van der Waals surface area contributed by atoms with Crippen molar-refractivity contribution in [1.29, 1.82) is 0 Å². The molecule has 1 saturated heterocycles. The van der Waals surface area contributed by atoms with E-state index in [1.165, 1.54) is 40.6 Å². The molecule has 5 N–H and O–H groups in total. The Balaban J connectivity index is 0.00000341. The van der Waals surface area contributed by atoms with Gasteiger partial charge in [0.15, 0.2) is 0 Å². The van der Waals surface area contributed by atoms with Crippen LogP contribution >= 0.6 is 0 Å². The highest BCUT2D eigenvalue weighted by Crippen LogP contribution is 2.37. The number of likely N-dealkylation sites (tertiary alicyclic amines) is 1. The number of nitrogens with two attached hydrogens (primary N) is 1. The van der Waals surface area contributed by atoms with Gasteiger partial charge in [-0.3, -0.25) is 4.90 Å². The highest BCUT2D eigenvalue weighted by molar-refractivity contribution is 7.80. The van der Waals surface area contributed by atoms with E-state index in [9.17, 15) is 5.11 Å². The van der Waals surface area contributed by atoms with Gasteiger partial charge in [0.25, 0.3) is 0 Å². The van der Waals surface area contributed by atoms with E-state index in [2.05, 4.69) is 57.5 Å². The first kappa shape index (κ1) is 26.0. The molecule has 1 aromatic heterocycles. The van der Waals surface area contributed by atoms with Crippen LogP contribution < -0.4 is 5.73 Å².